The van der Waals surface area contributed by atoms with E-state index in [4.69, 9.17) is 0 Å². The number of carbonyl (C=O) groups is 2. The number of carbonyl (C=O) groups excluding carboxylic acids is 2. The minimum atomic E-state index is -0.120. The van der Waals surface area contributed by atoms with Gasteiger partial charge in [0.15, 0.2) is 0 Å². The van der Waals surface area contributed by atoms with Crippen molar-refractivity contribution in [1.82, 2.24) is 4.90 Å². The van der Waals surface area contributed by atoms with Crippen LogP contribution in [0.5, 0.6) is 0 Å². The molecule has 0 aromatic heterocycles. The molecule has 1 heterocycles. The number of amides is 2. The SMILES string of the molecule is CC(=O)N(C)c1ccccc1C(=O)N1CCC[C@@H]1CO. The summed E-state index contributed by atoms with van der Waals surface area (Å²) in [5, 5.41) is 9.34. The van der Waals surface area contributed by atoms with Crippen LogP contribution in [0.1, 0.15) is 30.1 Å². The third-order valence-electron chi connectivity index (χ3n) is 3.82. The molecule has 1 fully saturated rings. The molecule has 0 aliphatic carbocycles. The minimum Gasteiger partial charge on any atom is -0.394 e. The van der Waals surface area contributed by atoms with Crippen molar-refractivity contribution >= 4 is 17.5 Å². The normalized spacial score (nSPS) is 18.1. The third kappa shape index (κ3) is 2.67. The van der Waals surface area contributed by atoms with E-state index < -0.39 is 0 Å². The van der Waals surface area contributed by atoms with Crippen LogP contribution in [0.4, 0.5) is 5.69 Å². The third-order valence-corrected chi connectivity index (χ3v) is 3.82. The number of para-hydroxylation sites is 1. The van der Waals surface area contributed by atoms with Gasteiger partial charge >= 0.3 is 0 Å². The predicted octanol–water partition coefficient (Wildman–Crippen LogP) is 1.27. The number of benzene rings is 1. The molecule has 0 spiro atoms. The molecule has 20 heavy (non-hydrogen) atoms. The number of hydrogen-bond donors (Lipinski definition) is 1. The molecule has 2 rings (SSSR count). The number of likely N-dealkylation sites (tertiary alicyclic amines) is 1. The van der Waals surface area contributed by atoms with E-state index in [0.717, 1.165) is 12.8 Å². The summed E-state index contributed by atoms with van der Waals surface area (Å²) in [7, 11) is 1.65. The molecule has 1 aromatic rings. The van der Waals surface area contributed by atoms with Crippen LogP contribution < -0.4 is 4.90 Å². The fourth-order valence-corrected chi connectivity index (χ4v) is 2.56. The average molecular weight is 276 g/mol. The molecule has 0 saturated carbocycles. The second-order valence-corrected chi connectivity index (χ2v) is 5.07. The first-order valence-electron chi connectivity index (χ1n) is 6.81. The summed E-state index contributed by atoms with van der Waals surface area (Å²) in [4.78, 5) is 27.3. The topological polar surface area (TPSA) is 60.9 Å². The predicted molar refractivity (Wildman–Crippen MR) is 76.7 cm³/mol. The van der Waals surface area contributed by atoms with E-state index in [9.17, 15) is 14.7 Å². The lowest BCUT2D eigenvalue weighted by Gasteiger charge is -2.26. The fraction of sp³-hybridized carbons (Fsp3) is 0.467. The molecule has 5 heteroatoms. The lowest BCUT2D eigenvalue weighted by Crippen LogP contribution is -2.38. The monoisotopic (exact) mass is 276 g/mol. The van der Waals surface area contributed by atoms with Gasteiger partial charge in [0.25, 0.3) is 5.91 Å². The Kier molecular flexibility index (Phi) is 4.39. The zero-order valence-electron chi connectivity index (χ0n) is 11.9. The van der Waals surface area contributed by atoms with E-state index in [2.05, 4.69) is 0 Å². The van der Waals surface area contributed by atoms with Crippen molar-refractivity contribution < 1.29 is 14.7 Å². The molecule has 1 aromatic carbocycles. The molecule has 1 aliphatic rings. The summed E-state index contributed by atoms with van der Waals surface area (Å²) in [6, 6.07) is 6.97. The van der Waals surface area contributed by atoms with Crippen LogP contribution >= 0.6 is 0 Å². The van der Waals surface area contributed by atoms with Gasteiger partial charge < -0.3 is 14.9 Å². The minimum absolute atomic E-state index is 0.0174. The first-order valence-corrected chi connectivity index (χ1v) is 6.81. The van der Waals surface area contributed by atoms with Gasteiger partial charge in [-0.25, -0.2) is 0 Å². The second-order valence-electron chi connectivity index (χ2n) is 5.07. The lowest BCUT2D eigenvalue weighted by molar-refractivity contribution is -0.116. The van der Waals surface area contributed by atoms with Gasteiger partial charge in [-0.05, 0) is 25.0 Å². The maximum atomic E-state index is 12.6. The smallest absolute Gasteiger partial charge is 0.256 e. The Morgan fingerprint density at radius 1 is 1.40 bits per heavy atom. The molecule has 108 valence electrons. The highest BCUT2D eigenvalue weighted by atomic mass is 16.3. The van der Waals surface area contributed by atoms with Crippen LogP contribution in [0.15, 0.2) is 24.3 Å². The number of anilines is 1. The van der Waals surface area contributed by atoms with Crippen LogP contribution in [0, 0.1) is 0 Å². The molecule has 1 N–H and O–H groups in total. The largest absolute Gasteiger partial charge is 0.394 e. The van der Waals surface area contributed by atoms with Crippen LogP contribution in [0.2, 0.25) is 0 Å². The van der Waals surface area contributed by atoms with Gasteiger partial charge in [0.1, 0.15) is 0 Å². The number of aliphatic hydroxyl groups excluding tert-OH is 1. The summed E-state index contributed by atoms with van der Waals surface area (Å²) in [5.74, 6) is -0.240. The van der Waals surface area contributed by atoms with E-state index in [1.165, 1.54) is 11.8 Å². The zero-order chi connectivity index (χ0) is 14.7. The highest BCUT2D eigenvalue weighted by Crippen LogP contribution is 2.25. The Bertz CT molecular complexity index is 516. The van der Waals surface area contributed by atoms with Gasteiger partial charge in [0.05, 0.1) is 23.9 Å². The van der Waals surface area contributed by atoms with Crippen molar-refractivity contribution in [3.8, 4) is 0 Å². The fourth-order valence-electron chi connectivity index (χ4n) is 2.56. The van der Waals surface area contributed by atoms with Gasteiger partial charge in [-0.1, -0.05) is 12.1 Å². The highest BCUT2D eigenvalue weighted by molar-refractivity contribution is 6.04. The first kappa shape index (κ1) is 14.5. The van der Waals surface area contributed by atoms with Crippen molar-refractivity contribution in [3.05, 3.63) is 29.8 Å². The van der Waals surface area contributed by atoms with Gasteiger partial charge in [-0.2, -0.15) is 0 Å². The Balaban J connectivity index is 2.33. The Morgan fingerprint density at radius 2 is 2.10 bits per heavy atom. The molecule has 0 bridgehead atoms. The van der Waals surface area contributed by atoms with Gasteiger partial charge in [0.2, 0.25) is 5.91 Å². The van der Waals surface area contributed by atoms with E-state index in [0.29, 0.717) is 17.8 Å². The zero-order valence-corrected chi connectivity index (χ0v) is 11.9. The molecule has 5 nitrogen and oxygen atoms in total. The second kappa shape index (κ2) is 6.05. The number of nitrogens with zero attached hydrogens (tertiary/aromatic N) is 2. The summed E-state index contributed by atoms with van der Waals surface area (Å²) in [5.41, 5.74) is 1.11. The number of aliphatic hydroxyl groups is 1. The number of rotatable bonds is 3. The van der Waals surface area contributed by atoms with E-state index in [-0.39, 0.29) is 24.5 Å². The van der Waals surface area contributed by atoms with E-state index in [1.807, 2.05) is 0 Å². The van der Waals surface area contributed by atoms with Gasteiger partial charge in [0, 0.05) is 20.5 Å². The Morgan fingerprint density at radius 3 is 2.75 bits per heavy atom. The van der Waals surface area contributed by atoms with Crippen LogP contribution in [-0.4, -0.2) is 48.1 Å². The molecule has 0 unspecified atom stereocenters. The van der Waals surface area contributed by atoms with Gasteiger partial charge in [-0.3, -0.25) is 9.59 Å². The van der Waals surface area contributed by atoms with Crippen molar-refractivity contribution in [2.45, 2.75) is 25.8 Å². The maximum Gasteiger partial charge on any atom is 0.256 e. The van der Waals surface area contributed by atoms with Crippen LogP contribution in [-0.2, 0) is 4.79 Å². The quantitative estimate of drug-likeness (QED) is 0.904. The summed E-state index contributed by atoms with van der Waals surface area (Å²) in [6.45, 7) is 2.10. The Labute approximate surface area is 118 Å². The molecule has 1 saturated heterocycles. The van der Waals surface area contributed by atoms with Crippen molar-refractivity contribution in [2.24, 2.45) is 0 Å². The lowest BCUT2D eigenvalue weighted by atomic mass is 10.1. The summed E-state index contributed by atoms with van der Waals surface area (Å²) < 4.78 is 0. The van der Waals surface area contributed by atoms with Crippen molar-refractivity contribution in [2.75, 3.05) is 25.1 Å². The molecule has 1 atom stereocenters. The van der Waals surface area contributed by atoms with Crippen LogP contribution in [0.3, 0.4) is 0 Å². The Hall–Kier alpha value is -1.88. The molecule has 1 aliphatic heterocycles. The van der Waals surface area contributed by atoms with Crippen molar-refractivity contribution in [3.63, 3.8) is 0 Å². The maximum absolute atomic E-state index is 12.6. The van der Waals surface area contributed by atoms with E-state index >= 15 is 0 Å². The van der Waals surface area contributed by atoms with Crippen molar-refractivity contribution in [1.29, 1.82) is 0 Å². The highest BCUT2D eigenvalue weighted by Gasteiger charge is 2.30. The van der Waals surface area contributed by atoms with Crippen LogP contribution in [0.25, 0.3) is 0 Å². The molecule has 2 amide bonds. The average Bonchev–Trinajstić information content (AvgIpc) is 2.94. The molecular weight excluding hydrogens is 256 g/mol. The first-order chi connectivity index (χ1) is 9.56. The molecule has 0 radical (unpaired) electrons. The van der Waals surface area contributed by atoms with E-state index in [1.54, 1.807) is 36.2 Å². The van der Waals surface area contributed by atoms with Gasteiger partial charge in [-0.15, -0.1) is 0 Å². The summed E-state index contributed by atoms with van der Waals surface area (Å²) in [6.07, 6.45) is 1.73. The summed E-state index contributed by atoms with van der Waals surface area (Å²) >= 11 is 0. The number of hydrogen-bond acceptors (Lipinski definition) is 3. The molecular formula is C15H20N2O3. The standard InChI is InChI=1S/C15H20N2O3/c1-11(19)16(2)14-8-4-3-7-13(14)15(20)17-9-5-6-12(17)10-18/h3-4,7-8,12,18H,5-6,9-10H2,1-2H3/t12-/m1/s1.